The number of anilines is 1. The van der Waals surface area contributed by atoms with Crippen molar-refractivity contribution in [3.8, 4) is 10.4 Å². The lowest BCUT2D eigenvalue weighted by atomic mass is 9.97. The number of thiazole rings is 1. The Kier molecular flexibility index (Phi) is 5.82. The summed E-state index contributed by atoms with van der Waals surface area (Å²) in [7, 11) is -3.45. The quantitative estimate of drug-likeness (QED) is 0.635. The molecule has 1 N–H and O–H groups in total. The van der Waals surface area contributed by atoms with Gasteiger partial charge < -0.3 is 5.32 Å². The number of hydrogen-bond acceptors (Lipinski definition) is 6. The van der Waals surface area contributed by atoms with Gasteiger partial charge in [0.25, 0.3) is 10.0 Å². The molecule has 1 aliphatic heterocycles. The third-order valence-corrected chi connectivity index (χ3v) is 9.37. The van der Waals surface area contributed by atoms with Gasteiger partial charge in [-0.15, -0.1) is 11.3 Å². The zero-order valence-electron chi connectivity index (χ0n) is 15.9. The predicted octanol–water partition coefficient (Wildman–Crippen LogP) is 4.22. The summed E-state index contributed by atoms with van der Waals surface area (Å²) in [6, 6.07) is 13.3. The van der Waals surface area contributed by atoms with Crippen molar-refractivity contribution in [1.29, 1.82) is 0 Å². The van der Waals surface area contributed by atoms with Crippen molar-refractivity contribution in [2.45, 2.75) is 24.0 Å². The average Bonchev–Trinajstić information content (AvgIpc) is 3.39. The predicted molar refractivity (Wildman–Crippen MR) is 117 cm³/mol. The van der Waals surface area contributed by atoms with Crippen LogP contribution in [0.4, 0.5) is 5.13 Å². The zero-order valence-corrected chi connectivity index (χ0v) is 18.3. The number of nitrogens with one attached hydrogen (secondary N) is 1. The van der Waals surface area contributed by atoms with Crippen molar-refractivity contribution in [2.75, 3.05) is 18.4 Å². The maximum Gasteiger partial charge on any atom is 0.252 e. The number of sulfonamides is 1. The van der Waals surface area contributed by atoms with Gasteiger partial charge in [0, 0.05) is 19.0 Å². The van der Waals surface area contributed by atoms with E-state index in [-0.39, 0.29) is 11.8 Å². The minimum absolute atomic E-state index is 0.0912. The van der Waals surface area contributed by atoms with Gasteiger partial charge >= 0.3 is 0 Å². The second-order valence-electron chi connectivity index (χ2n) is 6.90. The van der Waals surface area contributed by atoms with Crippen LogP contribution in [0.1, 0.15) is 18.5 Å². The smallest absolute Gasteiger partial charge is 0.252 e. The lowest BCUT2D eigenvalue weighted by Gasteiger charge is -2.29. The lowest BCUT2D eigenvalue weighted by molar-refractivity contribution is -0.120. The fourth-order valence-electron chi connectivity index (χ4n) is 3.41. The number of benzene rings is 1. The highest BCUT2D eigenvalue weighted by Crippen LogP contribution is 2.33. The molecule has 1 fully saturated rings. The number of carbonyl (C=O) groups excluding carboxylic acids is 1. The Morgan fingerprint density at radius 1 is 1.14 bits per heavy atom. The minimum Gasteiger partial charge on any atom is -0.302 e. The van der Waals surface area contributed by atoms with Crippen molar-refractivity contribution in [3.63, 3.8) is 0 Å². The Hall–Kier alpha value is -2.07. The molecular weight excluding hydrogens is 426 g/mol. The number of hydrogen-bond donors (Lipinski definition) is 1. The number of aryl methyl sites for hydroxylation is 1. The Labute approximate surface area is 178 Å². The van der Waals surface area contributed by atoms with Gasteiger partial charge in [-0.2, -0.15) is 4.31 Å². The summed E-state index contributed by atoms with van der Waals surface area (Å²) in [4.78, 5) is 18.2. The van der Waals surface area contributed by atoms with Crippen molar-refractivity contribution in [1.82, 2.24) is 9.29 Å². The second kappa shape index (κ2) is 8.35. The van der Waals surface area contributed by atoms with Crippen LogP contribution in [0.25, 0.3) is 10.4 Å². The van der Waals surface area contributed by atoms with E-state index in [0.717, 1.165) is 16.1 Å². The normalized spacial score (nSPS) is 16.0. The molecule has 0 atom stereocenters. The maximum absolute atomic E-state index is 12.7. The molecule has 4 rings (SSSR count). The number of rotatable bonds is 5. The molecule has 0 bridgehead atoms. The average molecular weight is 448 g/mol. The molecular formula is C20H21N3O3S3. The van der Waals surface area contributed by atoms with E-state index in [0.29, 0.717) is 35.3 Å². The maximum atomic E-state index is 12.7. The highest BCUT2D eigenvalue weighted by molar-refractivity contribution is 7.91. The van der Waals surface area contributed by atoms with Gasteiger partial charge in [-0.05, 0) is 36.8 Å². The first-order chi connectivity index (χ1) is 13.9. The van der Waals surface area contributed by atoms with E-state index in [1.54, 1.807) is 17.5 Å². The molecule has 0 saturated carbocycles. The molecule has 3 aromatic rings. The summed E-state index contributed by atoms with van der Waals surface area (Å²) in [5, 5.41) is 5.27. The molecule has 152 valence electrons. The largest absolute Gasteiger partial charge is 0.302 e. The molecule has 1 amide bonds. The fraction of sp³-hybridized carbons (Fsp3) is 0.300. The molecule has 1 aliphatic rings. The third kappa shape index (κ3) is 4.28. The SMILES string of the molecule is Cc1nc(NC(=O)C2CCN(S(=O)(=O)c3cccs3)CC2)sc1-c1ccccc1. The number of aromatic nitrogens is 1. The Morgan fingerprint density at radius 2 is 1.86 bits per heavy atom. The number of thiophene rings is 1. The van der Waals surface area contributed by atoms with Gasteiger partial charge in [0.15, 0.2) is 5.13 Å². The number of carbonyl (C=O) groups is 1. The van der Waals surface area contributed by atoms with Crippen LogP contribution in [0, 0.1) is 12.8 Å². The van der Waals surface area contributed by atoms with Gasteiger partial charge in [-0.3, -0.25) is 4.79 Å². The number of amides is 1. The first-order valence-electron chi connectivity index (χ1n) is 9.32. The van der Waals surface area contributed by atoms with Gasteiger partial charge in [0.1, 0.15) is 4.21 Å². The molecule has 2 aromatic heterocycles. The molecule has 0 radical (unpaired) electrons. The van der Waals surface area contributed by atoms with E-state index in [4.69, 9.17) is 0 Å². The molecule has 6 nitrogen and oxygen atoms in total. The molecule has 29 heavy (non-hydrogen) atoms. The van der Waals surface area contributed by atoms with Crippen LogP contribution in [0.15, 0.2) is 52.1 Å². The van der Waals surface area contributed by atoms with Crippen molar-refractivity contribution in [3.05, 3.63) is 53.5 Å². The van der Waals surface area contributed by atoms with E-state index < -0.39 is 10.0 Å². The Bertz CT molecular complexity index is 1080. The Morgan fingerprint density at radius 3 is 2.52 bits per heavy atom. The van der Waals surface area contributed by atoms with Crippen LogP contribution in [0.3, 0.4) is 0 Å². The van der Waals surface area contributed by atoms with Crippen LogP contribution >= 0.6 is 22.7 Å². The van der Waals surface area contributed by atoms with Crippen molar-refractivity contribution in [2.24, 2.45) is 5.92 Å². The highest BCUT2D eigenvalue weighted by atomic mass is 32.2. The van der Waals surface area contributed by atoms with E-state index in [9.17, 15) is 13.2 Å². The number of nitrogens with zero attached hydrogens (tertiary/aromatic N) is 2. The molecule has 3 heterocycles. The highest BCUT2D eigenvalue weighted by Gasteiger charge is 2.32. The first-order valence-corrected chi connectivity index (χ1v) is 12.5. The topological polar surface area (TPSA) is 79.4 Å². The first kappa shape index (κ1) is 20.2. The summed E-state index contributed by atoms with van der Waals surface area (Å²) in [5.74, 6) is -0.305. The molecule has 0 spiro atoms. The molecule has 0 unspecified atom stereocenters. The standard InChI is InChI=1S/C20H21N3O3S3/c1-14-18(15-6-3-2-4-7-15)28-20(21-14)22-19(24)16-9-11-23(12-10-16)29(25,26)17-8-5-13-27-17/h2-8,13,16H,9-12H2,1H3,(H,21,22,24). The molecule has 0 aliphatic carbocycles. The summed E-state index contributed by atoms with van der Waals surface area (Å²) in [5.41, 5.74) is 1.96. The molecule has 1 aromatic carbocycles. The summed E-state index contributed by atoms with van der Waals surface area (Å²) in [6.45, 7) is 2.64. The zero-order chi connectivity index (χ0) is 20.4. The van der Waals surface area contributed by atoms with Gasteiger partial charge in [0.05, 0.1) is 10.6 Å². The summed E-state index contributed by atoms with van der Waals surface area (Å²) < 4.78 is 27.1. The molecule has 9 heteroatoms. The van der Waals surface area contributed by atoms with Crippen LogP contribution in [-0.4, -0.2) is 36.7 Å². The van der Waals surface area contributed by atoms with Crippen molar-refractivity contribution < 1.29 is 13.2 Å². The van der Waals surface area contributed by atoms with Gasteiger partial charge in [-0.25, -0.2) is 13.4 Å². The van der Waals surface area contributed by atoms with E-state index >= 15 is 0 Å². The van der Waals surface area contributed by atoms with Crippen LogP contribution in [-0.2, 0) is 14.8 Å². The van der Waals surface area contributed by atoms with Crippen LogP contribution in [0.5, 0.6) is 0 Å². The summed E-state index contributed by atoms with van der Waals surface area (Å²) in [6.07, 6.45) is 1.01. The Balaban J connectivity index is 1.39. The van der Waals surface area contributed by atoms with Gasteiger partial charge in [0.2, 0.25) is 5.91 Å². The molecule has 1 saturated heterocycles. The van der Waals surface area contributed by atoms with Crippen LogP contribution in [0.2, 0.25) is 0 Å². The number of piperidine rings is 1. The van der Waals surface area contributed by atoms with E-state index in [1.165, 1.54) is 27.0 Å². The minimum atomic E-state index is -3.45. The van der Waals surface area contributed by atoms with E-state index in [1.807, 2.05) is 37.3 Å². The third-order valence-electron chi connectivity index (χ3n) is 4.98. The fourth-order valence-corrected chi connectivity index (χ4v) is 7.00. The second-order valence-corrected chi connectivity index (χ2v) is 11.0. The summed E-state index contributed by atoms with van der Waals surface area (Å²) >= 11 is 2.68. The van der Waals surface area contributed by atoms with Crippen LogP contribution < -0.4 is 5.32 Å². The van der Waals surface area contributed by atoms with Crippen molar-refractivity contribution >= 4 is 43.7 Å². The van der Waals surface area contributed by atoms with E-state index in [2.05, 4.69) is 10.3 Å². The lowest BCUT2D eigenvalue weighted by Crippen LogP contribution is -2.41. The monoisotopic (exact) mass is 447 g/mol. The van der Waals surface area contributed by atoms with Gasteiger partial charge in [-0.1, -0.05) is 47.7 Å².